The van der Waals surface area contributed by atoms with Gasteiger partial charge in [0.1, 0.15) is 5.82 Å². The van der Waals surface area contributed by atoms with Crippen LogP contribution in [0.2, 0.25) is 0 Å². The van der Waals surface area contributed by atoms with E-state index in [1.807, 2.05) is 24.3 Å². The van der Waals surface area contributed by atoms with E-state index in [-0.39, 0.29) is 23.4 Å². The minimum Gasteiger partial charge on any atom is -0.325 e. The molecular weight excluding hydrogens is 391 g/mol. The summed E-state index contributed by atoms with van der Waals surface area (Å²) < 4.78 is 13.1. The molecule has 1 unspecified atom stereocenters. The van der Waals surface area contributed by atoms with E-state index < -0.39 is 0 Å². The number of nitrogens with one attached hydrogen (secondary N) is 1. The lowest BCUT2D eigenvalue weighted by Crippen LogP contribution is -2.40. The molecule has 3 aromatic carbocycles. The largest absolute Gasteiger partial charge is 0.325 e. The second-order valence-corrected chi connectivity index (χ2v) is 7.93. The molecule has 0 aromatic heterocycles. The Hall–Kier alpha value is -3.31. The van der Waals surface area contributed by atoms with Gasteiger partial charge in [-0.15, -0.1) is 0 Å². The number of halogens is 1. The minimum absolute atomic E-state index is 0.0721. The molecule has 4 rings (SSSR count). The molecule has 1 aliphatic rings. The first-order valence-corrected chi connectivity index (χ1v) is 10.6. The summed E-state index contributed by atoms with van der Waals surface area (Å²) in [6.07, 6.45) is 1.73. The average Bonchev–Trinajstić information content (AvgIpc) is 2.81. The van der Waals surface area contributed by atoms with Crippen molar-refractivity contribution < 1.29 is 14.0 Å². The molecule has 0 radical (unpaired) electrons. The molecule has 3 aromatic rings. The van der Waals surface area contributed by atoms with E-state index in [0.717, 1.165) is 24.9 Å². The molecule has 0 bridgehead atoms. The van der Waals surface area contributed by atoms with Gasteiger partial charge in [0.25, 0.3) is 0 Å². The molecule has 0 saturated carbocycles. The number of benzene rings is 3. The molecular formula is C26H25FN2O2. The first-order valence-electron chi connectivity index (χ1n) is 10.6. The normalized spacial score (nSPS) is 16.6. The molecule has 158 valence electrons. The molecule has 1 saturated heterocycles. The van der Waals surface area contributed by atoms with Crippen LogP contribution in [0.5, 0.6) is 0 Å². The van der Waals surface area contributed by atoms with Crippen molar-refractivity contribution in [2.75, 3.05) is 18.4 Å². The highest BCUT2D eigenvalue weighted by Gasteiger charge is 2.27. The van der Waals surface area contributed by atoms with Gasteiger partial charge in [-0.2, -0.15) is 0 Å². The summed E-state index contributed by atoms with van der Waals surface area (Å²) in [4.78, 5) is 28.2. The molecule has 1 atom stereocenters. The number of hydrogen-bond donors (Lipinski definition) is 1. The molecule has 0 aliphatic carbocycles. The van der Waals surface area contributed by atoms with Gasteiger partial charge in [-0.05, 0) is 49.2 Å². The zero-order valence-electron chi connectivity index (χ0n) is 17.3. The van der Waals surface area contributed by atoms with Crippen LogP contribution in [0.3, 0.4) is 0 Å². The second-order valence-electron chi connectivity index (χ2n) is 7.93. The van der Waals surface area contributed by atoms with E-state index in [4.69, 9.17) is 0 Å². The first-order chi connectivity index (χ1) is 15.1. The van der Waals surface area contributed by atoms with E-state index in [0.29, 0.717) is 29.9 Å². The number of carbonyl (C=O) groups is 2. The van der Waals surface area contributed by atoms with Crippen LogP contribution in [-0.2, 0) is 11.3 Å². The molecule has 31 heavy (non-hydrogen) atoms. The smallest absolute Gasteiger partial charge is 0.228 e. The monoisotopic (exact) mass is 416 g/mol. The van der Waals surface area contributed by atoms with Crippen LogP contribution in [0.25, 0.3) is 0 Å². The van der Waals surface area contributed by atoms with Crippen LogP contribution in [0, 0.1) is 11.7 Å². The average molecular weight is 416 g/mol. The molecule has 5 heteroatoms. The van der Waals surface area contributed by atoms with Crippen molar-refractivity contribution in [1.82, 2.24) is 4.90 Å². The third-order valence-corrected chi connectivity index (χ3v) is 5.66. The van der Waals surface area contributed by atoms with Gasteiger partial charge in [-0.1, -0.05) is 54.6 Å². The number of ketones is 1. The maximum absolute atomic E-state index is 13.1. The van der Waals surface area contributed by atoms with Crippen molar-refractivity contribution in [3.63, 3.8) is 0 Å². The van der Waals surface area contributed by atoms with Crippen molar-refractivity contribution in [3.8, 4) is 0 Å². The summed E-state index contributed by atoms with van der Waals surface area (Å²) in [5, 5.41) is 2.99. The highest BCUT2D eigenvalue weighted by molar-refractivity contribution is 6.13. The minimum atomic E-state index is -0.247. The number of anilines is 1. The SMILES string of the molecule is O=C(c1ccccc1)c1ccccc1NC(=O)C1CCCN(Cc2ccc(F)cc2)C1. The van der Waals surface area contributed by atoms with E-state index in [9.17, 15) is 14.0 Å². The number of piperidine rings is 1. The van der Waals surface area contributed by atoms with Crippen LogP contribution >= 0.6 is 0 Å². The summed E-state index contributed by atoms with van der Waals surface area (Å²) in [6.45, 7) is 2.23. The standard InChI is InChI=1S/C26H25FN2O2/c27-22-14-12-19(13-15-22)17-29-16-6-9-21(18-29)26(31)28-24-11-5-4-10-23(24)25(30)20-7-2-1-3-8-20/h1-5,7-8,10-15,21H,6,9,16-18H2,(H,28,31). The maximum atomic E-state index is 13.1. The summed E-state index contributed by atoms with van der Waals surface area (Å²) >= 11 is 0. The van der Waals surface area contributed by atoms with Gasteiger partial charge in [0.05, 0.1) is 11.6 Å². The number of carbonyl (C=O) groups excluding carboxylic acids is 2. The van der Waals surface area contributed by atoms with Crippen LogP contribution in [-0.4, -0.2) is 29.7 Å². The fourth-order valence-electron chi connectivity index (χ4n) is 4.03. The van der Waals surface area contributed by atoms with Gasteiger partial charge in [0.15, 0.2) is 5.78 Å². The van der Waals surface area contributed by atoms with Crippen LogP contribution < -0.4 is 5.32 Å². The van der Waals surface area contributed by atoms with Crippen molar-refractivity contribution in [2.45, 2.75) is 19.4 Å². The Labute approximate surface area is 181 Å². The Morgan fingerprint density at radius 1 is 0.935 bits per heavy atom. The van der Waals surface area contributed by atoms with Crippen LogP contribution in [0.4, 0.5) is 10.1 Å². The van der Waals surface area contributed by atoms with Gasteiger partial charge in [0, 0.05) is 24.2 Å². The lowest BCUT2D eigenvalue weighted by Gasteiger charge is -2.32. The molecule has 0 spiro atoms. The number of likely N-dealkylation sites (tertiary alicyclic amines) is 1. The van der Waals surface area contributed by atoms with Crippen molar-refractivity contribution in [2.24, 2.45) is 5.92 Å². The maximum Gasteiger partial charge on any atom is 0.228 e. The lowest BCUT2D eigenvalue weighted by atomic mass is 9.96. The van der Waals surface area contributed by atoms with E-state index in [1.54, 1.807) is 42.5 Å². The van der Waals surface area contributed by atoms with Crippen molar-refractivity contribution >= 4 is 17.4 Å². The van der Waals surface area contributed by atoms with Crippen LogP contribution in [0.15, 0.2) is 78.9 Å². The fourth-order valence-corrected chi connectivity index (χ4v) is 4.03. The molecule has 1 N–H and O–H groups in total. The Balaban J connectivity index is 1.43. The summed E-state index contributed by atoms with van der Waals surface area (Å²) in [5.74, 6) is -0.590. The predicted molar refractivity (Wildman–Crippen MR) is 119 cm³/mol. The second kappa shape index (κ2) is 9.67. The van der Waals surface area contributed by atoms with E-state index in [1.165, 1.54) is 12.1 Å². The molecule has 1 fully saturated rings. The number of nitrogens with zero attached hydrogens (tertiary/aromatic N) is 1. The van der Waals surface area contributed by atoms with Crippen LogP contribution in [0.1, 0.15) is 34.3 Å². The summed E-state index contributed by atoms with van der Waals surface area (Å²) in [6, 6.07) is 22.7. The Bertz CT molecular complexity index is 1050. The third kappa shape index (κ3) is 5.25. The summed E-state index contributed by atoms with van der Waals surface area (Å²) in [5.41, 5.74) is 2.65. The molecule has 1 amide bonds. The zero-order chi connectivity index (χ0) is 21.6. The zero-order valence-corrected chi connectivity index (χ0v) is 17.3. The van der Waals surface area contributed by atoms with Crippen molar-refractivity contribution in [1.29, 1.82) is 0 Å². The highest BCUT2D eigenvalue weighted by atomic mass is 19.1. The number of amides is 1. The van der Waals surface area contributed by atoms with Gasteiger partial charge in [-0.3, -0.25) is 14.5 Å². The van der Waals surface area contributed by atoms with Gasteiger partial charge < -0.3 is 5.32 Å². The number of hydrogen-bond acceptors (Lipinski definition) is 3. The fraction of sp³-hybridized carbons (Fsp3) is 0.231. The Kier molecular flexibility index (Phi) is 6.53. The highest BCUT2D eigenvalue weighted by Crippen LogP contribution is 2.23. The predicted octanol–water partition coefficient (Wildman–Crippen LogP) is 4.91. The summed E-state index contributed by atoms with van der Waals surface area (Å²) in [7, 11) is 0. The Morgan fingerprint density at radius 2 is 1.65 bits per heavy atom. The molecule has 1 heterocycles. The Morgan fingerprint density at radius 3 is 2.42 bits per heavy atom. The van der Waals surface area contributed by atoms with Crippen molar-refractivity contribution in [3.05, 3.63) is 101 Å². The number of para-hydroxylation sites is 1. The third-order valence-electron chi connectivity index (χ3n) is 5.66. The van der Waals surface area contributed by atoms with E-state index >= 15 is 0 Å². The molecule has 1 aliphatic heterocycles. The first kappa shape index (κ1) is 20.9. The molecule has 4 nitrogen and oxygen atoms in total. The topological polar surface area (TPSA) is 49.4 Å². The quantitative estimate of drug-likeness (QED) is 0.581. The van der Waals surface area contributed by atoms with E-state index in [2.05, 4.69) is 10.2 Å². The van der Waals surface area contributed by atoms with Gasteiger partial charge in [-0.25, -0.2) is 4.39 Å². The van der Waals surface area contributed by atoms with Gasteiger partial charge >= 0.3 is 0 Å². The van der Waals surface area contributed by atoms with Gasteiger partial charge in [0.2, 0.25) is 5.91 Å². The lowest BCUT2D eigenvalue weighted by molar-refractivity contribution is -0.121. The number of rotatable bonds is 6.